The van der Waals surface area contributed by atoms with Crippen molar-refractivity contribution >= 4 is 46.4 Å². The van der Waals surface area contributed by atoms with Crippen LogP contribution in [0.1, 0.15) is 35.8 Å². The fourth-order valence-electron chi connectivity index (χ4n) is 1.74. The van der Waals surface area contributed by atoms with Crippen molar-refractivity contribution in [2.24, 2.45) is 0 Å². The van der Waals surface area contributed by atoms with Gasteiger partial charge in [-0.2, -0.15) is 0 Å². The molecule has 1 aromatic heterocycles. The molecule has 0 fully saturated rings. The predicted octanol–water partition coefficient (Wildman–Crippen LogP) is 5.42. The Labute approximate surface area is 138 Å². The number of nitrogens with one attached hydrogen (secondary N) is 1. The summed E-state index contributed by atoms with van der Waals surface area (Å²) in [7, 11) is 0. The van der Waals surface area contributed by atoms with E-state index in [-0.39, 0.29) is 17.0 Å². The van der Waals surface area contributed by atoms with Crippen molar-refractivity contribution in [2.75, 3.05) is 5.32 Å². The highest BCUT2D eigenvalue weighted by molar-refractivity contribution is 6.44. The zero-order chi connectivity index (χ0) is 15.6. The van der Waals surface area contributed by atoms with Gasteiger partial charge in [-0.15, -0.1) is 0 Å². The quantitative estimate of drug-likeness (QED) is 0.756. The molecular formula is C15H13Cl3N2O. The molecule has 21 heavy (non-hydrogen) atoms. The van der Waals surface area contributed by atoms with Gasteiger partial charge in [0.25, 0.3) is 5.91 Å². The van der Waals surface area contributed by atoms with Gasteiger partial charge in [0.15, 0.2) is 0 Å². The molecular weight excluding hydrogens is 331 g/mol. The first kappa shape index (κ1) is 16.1. The van der Waals surface area contributed by atoms with Gasteiger partial charge in [-0.1, -0.05) is 54.7 Å². The average molecular weight is 344 g/mol. The molecule has 0 saturated carbocycles. The molecule has 0 bridgehead atoms. The number of hydrogen-bond acceptors (Lipinski definition) is 2. The minimum absolute atomic E-state index is 0.171. The Morgan fingerprint density at radius 3 is 2.57 bits per heavy atom. The number of benzene rings is 1. The van der Waals surface area contributed by atoms with E-state index < -0.39 is 0 Å². The summed E-state index contributed by atoms with van der Waals surface area (Å²) in [5.41, 5.74) is 1.63. The third-order valence-electron chi connectivity index (χ3n) is 2.87. The number of carbonyl (C=O) groups is 1. The Morgan fingerprint density at radius 2 is 1.90 bits per heavy atom. The maximum Gasteiger partial charge on any atom is 0.255 e. The van der Waals surface area contributed by atoms with Gasteiger partial charge in [0.2, 0.25) is 0 Å². The molecule has 0 unspecified atom stereocenters. The molecule has 1 aromatic carbocycles. The van der Waals surface area contributed by atoms with Crippen molar-refractivity contribution in [1.29, 1.82) is 0 Å². The summed E-state index contributed by atoms with van der Waals surface area (Å²) >= 11 is 17.9. The lowest BCUT2D eigenvalue weighted by Gasteiger charge is -2.10. The number of halogens is 3. The molecule has 6 heteroatoms. The van der Waals surface area contributed by atoms with E-state index in [2.05, 4.69) is 10.3 Å². The molecule has 2 aromatic rings. The van der Waals surface area contributed by atoms with E-state index in [0.717, 1.165) is 5.69 Å². The topological polar surface area (TPSA) is 42.0 Å². The number of aromatic nitrogens is 1. The Kier molecular flexibility index (Phi) is 5.09. The zero-order valence-corrected chi connectivity index (χ0v) is 13.7. The minimum Gasteiger partial charge on any atom is -0.321 e. The van der Waals surface area contributed by atoms with Crippen LogP contribution in [0.5, 0.6) is 0 Å². The van der Waals surface area contributed by atoms with E-state index in [1.165, 1.54) is 6.07 Å². The van der Waals surface area contributed by atoms with Crippen LogP contribution in [-0.4, -0.2) is 10.9 Å². The third kappa shape index (κ3) is 3.88. The molecule has 1 N–H and O–H groups in total. The van der Waals surface area contributed by atoms with E-state index in [4.69, 9.17) is 34.8 Å². The molecule has 0 radical (unpaired) electrons. The van der Waals surface area contributed by atoms with Gasteiger partial charge < -0.3 is 5.32 Å². The van der Waals surface area contributed by atoms with E-state index in [9.17, 15) is 4.79 Å². The maximum atomic E-state index is 12.3. The number of nitrogens with zero attached hydrogens (tertiary/aromatic N) is 1. The highest BCUT2D eigenvalue weighted by Gasteiger charge is 2.13. The molecule has 0 atom stereocenters. The van der Waals surface area contributed by atoms with E-state index in [1.54, 1.807) is 24.3 Å². The van der Waals surface area contributed by atoms with Crippen molar-refractivity contribution in [3.8, 4) is 0 Å². The Bertz CT molecular complexity index is 687. The van der Waals surface area contributed by atoms with Crippen molar-refractivity contribution in [3.05, 3.63) is 56.8 Å². The minimum atomic E-state index is -0.314. The van der Waals surface area contributed by atoms with Crippen LogP contribution < -0.4 is 5.32 Å². The summed E-state index contributed by atoms with van der Waals surface area (Å²) in [6.45, 7) is 3.96. The Balaban J connectivity index is 2.30. The largest absolute Gasteiger partial charge is 0.321 e. The first-order valence-electron chi connectivity index (χ1n) is 6.31. The van der Waals surface area contributed by atoms with E-state index >= 15 is 0 Å². The lowest BCUT2D eigenvalue weighted by Crippen LogP contribution is -2.13. The molecule has 1 amide bonds. The lowest BCUT2D eigenvalue weighted by molar-refractivity contribution is 0.102. The molecule has 0 aliphatic carbocycles. The molecule has 110 valence electrons. The number of pyridine rings is 1. The molecule has 0 aliphatic rings. The van der Waals surface area contributed by atoms with Crippen LogP contribution in [0.2, 0.25) is 15.2 Å². The van der Waals surface area contributed by atoms with Gasteiger partial charge in [0.05, 0.1) is 15.7 Å². The zero-order valence-electron chi connectivity index (χ0n) is 11.5. The maximum absolute atomic E-state index is 12.3. The van der Waals surface area contributed by atoms with Crippen LogP contribution in [0, 0.1) is 0 Å². The molecule has 2 rings (SSSR count). The molecule has 1 heterocycles. The number of carbonyl (C=O) groups excluding carboxylic acids is 1. The number of rotatable bonds is 3. The SMILES string of the molecule is CC(C)c1cc(C(=O)Nc2cccc(Cl)c2Cl)cc(Cl)n1. The monoisotopic (exact) mass is 342 g/mol. The van der Waals surface area contributed by atoms with Gasteiger partial charge in [-0.3, -0.25) is 4.79 Å². The number of anilines is 1. The van der Waals surface area contributed by atoms with Crippen molar-refractivity contribution in [1.82, 2.24) is 4.98 Å². The summed E-state index contributed by atoms with van der Waals surface area (Å²) < 4.78 is 0. The predicted molar refractivity (Wildman–Crippen MR) is 87.8 cm³/mol. The highest BCUT2D eigenvalue weighted by atomic mass is 35.5. The molecule has 0 saturated heterocycles. The van der Waals surface area contributed by atoms with Crippen LogP contribution >= 0.6 is 34.8 Å². The van der Waals surface area contributed by atoms with Crippen molar-refractivity contribution < 1.29 is 4.79 Å². The molecule has 0 aliphatic heterocycles. The van der Waals surface area contributed by atoms with E-state index in [0.29, 0.717) is 21.3 Å². The summed E-state index contributed by atoms with van der Waals surface area (Å²) in [6, 6.07) is 8.27. The highest BCUT2D eigenvalue weighted by Crippen LogP contribution is 2.30. The van der Waals surface area contributed by atoms with Crippen LogP contribution in [0.15, 0.2) is 30.3 Å². The first-order chi connectivity index (χ1) is 9.88. The standard InChI is InChI=1S/C15H13Cl3N2O/c1-8(2)12-6-9(7-13(17)19-12)15(21)20-11-5-3-4-10(16)14(11)18/h3-8H,1-2H3,(H,20,21). The summed E-state index contributed by atoms with van der Waals surface area (Å²) in [6.07, 6.45) is 0. The van der Waals surface area contributed by atoms with Crippen molar-refractivity contribution in [2.45, 2.75) is 19.8 Å². The van der Waals surface area contributed by atoms with E-state index in [1.807, 2.05) is 13.8 Å². The summed E-state index contributed by atoms with van der Waals surface area (Å²) in [4.78, 5) is 16.5. The Hall–Kier alpha value is -1.29. The number of amides is 1. The molecule has 0 spiro atoms. The molecule has 3 nitrogen and oxygen atoms in total. The van der Waals surface area contributed by atoms with Crippen LogP contribution in [0.4, 0.5) is 5.69 Å². The average Bonchev–Trinajstić information content (AvgIpc) is 2.43. The third-order valence-corrected chi connectivity index (χ3v) is 3.88. The second kappa shape index (κ2) is 6.65. The van der Waals surface area contributed by atoms with Crippen LogP contribution in [0.3, 0.4) is 0 Å². The Morgan fingerprint density at radius 1 is 1.19 bits per heavy atom. The van der Waals surface area contributed by atoms with Crippen LogP contribution in [-0.2, 0) is 0 Å². The second-order valence-corrected chi connectivity index (χ2v) is 5.99. The first-order valence-corrected chi connectivity index (χ1v) is 7.44. The summed E-state index contributed by atoms with van der Waals surface area (Å²) in [5, 5.41) is 3.68. The van der Waals surface area contributed by atoms with Gasteiger partial charge in [0.1, 0.15) is 5.15 Å². The van der Waals surface area contributed by atoms with Gasteiger partial charge in [0, 0.05) is 11.3 Å². The number of hydrogen-bond donors (Lipinski definition) is 1. The van der Waals surface area contributed by atoms with Crippen molar-refractivity contribution in [3.63, 3.8) is 0 Å². The second-order valence-electron chi connectivity index (χ2n) is 4.81. The fraction of sp³-hybridized carbons (Fsp3) is 0.200. The fourth-order valence-corrected chi connectivity index (χ4v) is 2.30. The smallest absolute Gasteiger partial charge is 0.255 e. The normalized spacial score (nSPS) is 10.8. The summed E-state index contributed by atoms with van der Waals surface area (Å²) in [5.74, 6) is -0.143. The van der Waals surface area contributed by atoms with Gasteiger partial charge >= 0.3 is 0 Å². The van der Waals surface area contributed by atoms with Crippen LogP contribution in [0.25, 0.3) is 0 Å². The lowest BCUT2D eigenvalue weighted by atomic mass is 10.1. The van der Waals surface area contributed by atoms with Gasteiger partial charge in [-0.25, -0.2) is 4.98 Å². The van der Waals surface area contributed by atoms with Gasteiger partial charge in [-0.05, 0) is 30.2 Å².